The predicted octanol–water partition coefficient (Wildman–Crippen LogP) is 1.63. The Kier molecular flexibility index (Phi) is 4.57. The van der Waals surface area contributed by atoms with Crippen LogP contribution in [-0.2, 0) is 4.74 Å². The first-order valence-electron chi connectivity index (χ1n) is 6.61. The van der Waals surface area contributed by atoms with Crippen LogP contribution in [0.2, 0.25) is 0 Å². The number of likely N-dealkylation sites (N-methyl/N-ethyl adjacent to an activating group) is 1. The van der Waals surface area contributed by atoms with E-state index < -0.39 is 0 Å². The minimum atomic E-state index is 0.674. The molecule has 0 spiro atoms. The van der Waals surface area contributed by atoms with Gasteiger partial charge < -0.3 is 19.4 Å². The van der Waals surface area contributed by atoms with Crippen LogP contribution in [0.15, 0.2) is 18.6 Å². The second-order valence-electron chi connectivity index (χ2n) is 4.21. The van der Waals surface area contributed by atoms with Crippen molar-refractivity contribution < 1.29 is 4.74 Å². The number of ether oxygens (including phenoxy) is 1. The van der Waals surface area contributed by atoms with Gasteiger partial charge in [0, 0.05) is 39.1 Å². The summed E-state index contributed by atoms with van der Waals surface area (Å²) in [5.41, 5.74) is 0.875. The molecule has 2 aromatic rings. The monoisotopic (exact) mass is 263 g/mol. The van der Waals surface area contributed by atoms with Gasteiger partial charge in [-0.3, -0.25) is 0 Å². The van der Waals surface area contributed by atoms with Crippen LogP contribution in [0.4, 0.5) is 11.6 Å². The fraction of sp³-hybridized carbons (Fsp3) is 0.538. The molecule has 1 N–H and O–H groups in total. The van der Waals surface area contributed by atoms with Crippen molar-refractivity contribution in [3.63, 3.8) is 0 Å². The molecule has 0 saturated heterocycles. The summed E-state index contributed by atoms with van der Waals surface area (Å²) in [7, 11) is 1.71. The summed E-state index contributed by atoms with van der Waals surface area (Å²) < 4.78 is 7.15. The largest absolute Gasteiger partial charge is 0.383 e. The molecule has 2 heterocycles. The lowest BCUT2D eigenvalue weighted by atomic mass is 10.4. The van der Waals surface area contributed by atoms with Gasteiger partial charge in [-0.05, 0) is 13.8 Å². The third-order valence-corrected chi connectivity index (χ3v) is 2.96. The Hall–Kier alpha value is -1.82. The van der Waals surface area contributed by atoms with Crippen molar-refractivity contribution in [2.45, 2.75) is 13.8 Å². The minimum Gasteiger partial charge on any atom is -0.383 e. The highest BCUT2D eigenvalue weighted by molar-refractivity contribution is 5.66. The molecule has 0 atom stereocenters. The summed E-state index contributed by atoms with van der Waals surface area (Å²) in [5.74, 6) is 1.75. The zero-order valence-corrected chi connectivity index (χ0v) is 11.8. The van der Waals surface area contributed by atoms with Crippen LogP contribution in [0.3, 0.4) is 0 Å². The molecule has 19 heavy (non-hydrogen) atoms. The van der Waals surface area contributed by atoms with Gasteiger partial charge in [-0.1, -0.05) is 0 Å². The molecule has 2 rings (SSSR count). The molecule has 6 nitrogen and oxygen atoms in total. The number of anilines is 2. The van der Waals surface area contributed by atoms with E-state index in [1.165, 1.54) is 0 Å². The Bertz CT molecular complexity index is 525. The normalized spacial score (nSPS) is 10.9. The zero-order chi connectivity index (χ0) is 13.7. The number of hydrogen-bond acceptors (Lipinski definition) is 5. The Morgan fingerprint density at radius 3 is 2.95 bits per heavy atom. The highest BCUT2D eigenvalue weighted by Gasteiger charge is 2.13. The number of fused-ring (bicyclic) bond motifs is 1. The summed E-state index contributed by atoms with van der Waals surface area (Å²) in [4.78, 5) is 11.2. The van der Waals surface area contributed by atoms with E-state index in [-0.39, 0.29) is 0 Å². The standard InChI is InChI=1S/C13H21N5O/c1-4-14-11-10-18-7-6-15-12(18)13(16-11)17(5-2)8-9-19-3/h6-7,10,14H,4-5,8-9H2,1-3H3. The van der Waals surface area contributed by atoms with E-state index in [9.17, 15) is 0 Å². The summed E-state index contributed by atoms with van der Waals surface area (Å²) in [5, 5.41) is 3.25. The Balaban J connectivity index is 2.40. The molecule has 104 valence electrons. The maximum absolute atomic E-state index is 5.15. The van der Waals surface area contributed by atoms with Gasteiger partial charge in [0.1, 0.15) is 5.82 Å². The van der Waals surface area contributed by atoms with Crippen LogP contribution in [0, 0.1) is 0 Å². The fourth-order valence-electron chi connectivity index (χ4n) is 2.01. The van der Waals surface area contributed by atoms with Gasteiger partial charge in [-0.25, -0.2) is 9.97 Å². The number of imidazole rings is 1. The molecule has 0 saturated carbocycles. The highest BCUT2D eigenvalue weighted by atomic mass is 16.5. The molecule has 0 aliphatic heterocycles. The number of hydrogen-bond donors (Lipinski definition) is 1. The molecule has 0 aromatic carbocycles. The van der Waals surface area contributed by atoms with Crippen LogP contribution in [0.25, 0.3) is 5.65 Å². The predicted molar refractivity (Wildman–Crippen MR) is 76.9 cm³/mol. The lowest BCUT2D eigenvalue weighted by Crippen LogP contribution is -2.28. The first-order valence-corrected chi connectivity index (χ1v) is 6.61. The lowest BCUT2D eigenvalue weighted by Gasteiger charge is -2.22. The molecule has 0 aliphatic carbocycles. The number of aromatic nitrogens is 3. The van der Waals surface area contributed by atoms with Crippen molar-refractivity contribution in [1.82, 2.24) is 14.4 Å². The van der Waals surface area contributed by atoms with E-state index >= 15 is 0 Å². The summed E-state index contributed by atoms with van der Waals surface area (Å²) in [6.45, 7) is 7.36. The number of methoxy groups -OCH3 is 1. The summed E-state index contributed by atoms with van der Waals surface area (Å²) in [6, 6.07) is 0. The topological polar surface area (TPSA) is 54.7 Å². The van der Waals surface area contributed by atoms with Crippen LogP contribution in [0.5, 0.6) is 0 Å². The van der Waals surface area contributed by atoms with E-state index in [1.807, 2.05) is 16.8 Å². The second-order valence-corrected chi connectivity index (χ2v) is 4.21. The van der Waals surface area contributed by atoms with Gasteiger partial charge in [0.15, 0.2) is 11.5 Å². The lowest BCUT2D eigenvalue weighted by molar-refractivity contribution is 0.205. The summed E-state index contributed by atoms with van der Waals surface area (Å²) >= 11 is 0. The second kappa shape index (κ2) is 6.38. The first kappa shape index (κ1) is 13.6. The van der Waals surface area contributed by atoms with Crippen LogP contribution in [0.1, 0.15) is 13.8 Å². The Labute approximate surface area is 113 Å². The molecule has 6 heteroatoms. The smallest absolute Gasteiger partial charge is 0.180 e. The maximum Gasteiger partial charge on any atom is 0.180 e. The van der Waals surface area contributed by atoms with Crippen molar-refractivity contribution in [2.75, 3.05) is 43.6 Å². The molecule has 0 unspecified atom stereocenters. The van der Waals surface area contributed by atoms with Gasteiger partial charge in [0.25, 0.3) is 0 Å². The number of nitrogens with zero attached hydrogens (tertiary/aromatic N) is 4. The van der Waals surface area contributed by atoms with Crippen LogP contribution < -0.4 is 10.2 Å². The average Bonchev–Trinajstić information content (AvgIpc) is 2.88. The third-order valence-electron chi connectivity index (χ3n) is 2.96. The van der Waals surface area contributed by atoms with E-state index in [4.69, 9.17) is 4.74 Å². The highest BCUT2D eigenvalue weighted by Crippen LogP contribution is 2.20. The minimum absolute atomic E-state index is 0.674. The van der Waals surface area contributed by atoms with Gasteiger partial charge in [0.2, 0.25) is 0 Å². The Morgan fingerprint density at radius 1 is 1.42 bits per heavy atom. The van der Waals surface area contributed by atoms with Crippen molar-refractivity contribution >= 4 is 17.3 Å². The average molecular weight is 263 g/mol. The van der Waals surface area contributed by atoms with Crippen molar-refractivity contribution in [3.8, 4) is 0 Å². The molecule has 0 radical (unpaired) electrons. The van der Waals surface area contributed by atoms with Gasteiger partial charge in [-0.15, -0.1) is 0 Å². The van der Waals surface area contributed by atoms with Crippen LogP contribution >= 0.6 is 0 Å². The van der Waals surface area contributed by atoms with Crippen molar-refractivity contribution in [3.05, 3.63) is 18.6 Å². The Morgan fingerprint density at radius 2 is 2.26 bits per heavy atom. The van der Waals surface area contributed by atoms with Gasteiger partial charge >= 0.3 is 0 Å². The number of nitrogens with one attached hydrogen (secondary N) is 1. The van der Waals surface area contributed by atoms with Crippen molar-refractivity contribution in [2.24, 2.45) is 0 Å². The van der Waals surface area contributed by atoms with E-state index in [2.05, 4.69) is 34.0 Å². The zero-order valence-electron chi connectivity index (χ0n) is 11.8. The first-order chi connectivity index (χ1) is 9.30. The molecular weight excluding hydrogens is 242 g/mol. The van der Waals surface area contributed by atoms with E-state index in [1.54, 1.807) is 13.3 Å². The molecule has 0 aliphatic rings. The SMILES string of the molecule is CCNc1cn2ccnc2c(N(CC)CCOC)n1. The van der Waals surface area contributed by atoms with E-state index in [0.29, 0.717) is 6.61 Å². The van der Waals surface area contributed by atoms with Crippen LogP contribution in [-0.4, -0.2) is 47.7 Å². The van der Waals surface area contributed by atoms with Gasteiger partial charge in [-0.2, -0.15) is 0 Å². The fourth-order valence-corrected chi connectivity index (χ4v) is 2.01. The molecular formula is C13H21N5O. The van der Waals surface area contributed by atoms with E-state index in [0.717, 1.165) is 36.9 Å². The quantitative estimate of drug-likeness (QED) is 0.823. The number of rotatable bonds is 7. The molecule has 0 amide bonds. The molecule has 2 aromatic heterocycles. The van der Waals surface area contributed by atoms with Crippen molar-refractivity contribution in [1.29, 1.82) is 0 Å². The van der Waals surface area contributed by atoms with Gasteiger partial charge in [0.05, 0.1) is 12.8 Å². The third kappa shape index (κ3) is 2.96. The maximum atomic E-state index is 5.15. The summed E-state index contributed by atoms with van der Waals surface area (Å²) in [6.07, 6.45) is 5.69. The molecule has 0 fully saturated rings. The molecule has 0 bridgehead atoms.